The van der Waals surface area contributed by atoms with Crippen LogP contribution in [0, 0.1) is 5.92 Å². The minimum atomic E-state index is -0.244. The number of hydrogen-bond donors (Lipinski definition) is 1. The van der Waals surface area contributed by atoms with Crippen molar-refractivity contribution in [3.63, 3.8) is 0 Å². The van der Waals surface area contributed by atoms with E-state index in [1.165, 1.54) is 13.2 Å². The van der Waals surface area contributed by atoms with Gasteiger partial charge in [0.15, 0.2) is 0 Å². The highest BCUT2D eigenvalue weighted by Gasteiger charge is 2.42. The number of methoxy groups -OCH3 is 1. The number of benzene rings is 2. The van der Waals surface area contributed by atoms with Gasteiger partial charge in [0.1, 0.15) is 11.5 Å². The number of amides is 2. The number of phenolic OH excluding ortho intramolecular Hbond substituents is 1. The quantitative estimate of drug-likeness (QED) is 0.885. The lowest BCUT2D eigenvalue weighted by molar-refractivity contribution is -0.140. The molecule has 3 heterocycles. The lowest BCUT2D eigenvalue weighted by Crippen LogP contribution is -2.47. The first-order chi connectivity index (χ1) is 13.6. The number of aromatic hydroxyl groups is 1. The first-order valence-corrected chi connectivity index (χ1v) is 9.57. The van der Waals surface area contributed by atoms with Crippen molar-refractivity contribution >= 4 is 11.8 Å². The molecule has 6 nitrogen and oxygen atoms in total. The maximum atomic E-state index is 13.1. The summed E-state index contributed by atoms with van der Waals surface area (Å²) in [6, 6.07) is 14.6. The van der Waals surface area contributed by atoms with Crippen LogP contribution in [0.3, 0.4) is 0 Å². The van der Waals surface area contributed by atoms with E-state index in [1.54, 1.807) is 17.0 Å². The fourth-order valence-corrected chi connectivity index (χ4v) is 4.18. The van der Waals surface area contributed by atoms with Crippen molar-refractivity contribution in [3.05, 3.63) is 59.7 Å². The van der Waals surface area contributed by atoms with E-state index in [4.69, 9.17) is 4.74 Å². The lowest BCUT2D eigenvalue weighted by Gasteiger charge is -2.36. The summed E-state index contributed by atoms with van der Waals surface area (Å²) in [5.74, 6) is 0.0789. The summed E-state index contributed by atoms with van der Waals surface area (Å²) in [5, 5.41) is 10.2. The molecule has 2 aromatic rings. The SMILES string of the molecule is COc1ccc(C(=O)N2C[C@@H]3CC[C@H](C2)N(Cc2ccccc2)C3=O)c(O)c1. The van der Waals surface area contributed by atoms with Gasteiger partial charge >= 0.3 is 0 Å². The summed E-state index contributed by atoms with van der Waals surface area (Å²) in [5.41, 5.74) is 1.33. The summed E-state index contributed by atoms with van der Waals surface area (Å²) >= 11 is 0. The van der Waals surface area contributed by atoms with Crippen LogP contribution in [0.5, 0.6) is 11.5 Å². The van der Waals surface area contributed by atoms with E-state index >= 15 is 0 Å². The largest absolute Gasteiger partial charge is 0.507 e. The maximum absolute atomic E-state index is 13.1. The van der Waals surface area contributed by atoms with Gasteiger partial charge in [-0.15, -0.1) is 0 Å². The predicted octanol–water partition coefficient (Wildman–Crippen LogP) is 2.66. The third kappa shape index (κ3) is 3.42. The van der Waals surface area contributed by atoms with Gasteiger partial charge in [-0.1, -0.05) is 30.3 Å². The number of hydrogen-bond acceptors (Lipinski definition) is 4. The van der Waals surface area contributed by atoms with E-state index in [-0.39, 0.29) is 35.1 Å². The molecule has 3 saturated heterocycles. The minimum Gasteiger partial charge on any atom is -0.507 e. The number of carbonyl (C=O) groups is 2. The Hall–Kier alpha value is -3.02. The number of phenols is 1. The van der Waals surface area contributed by atoms with Crippen molar-refractivity contribution in [1.82, 2.24) is 9.80 Å². The molecule has 1 N–H and O–H groups in total. The van der Waals surface area contributed by atoms with Gasteiger partial charge in [-0.25, -0.2) is 0 Å². The normalized spacial score (nSPS) is 21.5. The maximum Gasteiger partial charge on any atom is 0.257 e. The first-order valence-electron chi connectivity index (χ1n) is 9.57. The van der Waals surface area contributed by atoms with Gasteiger partial charge in [-0.05, 0) is 30.5 Å². The zero-order valence-electron chi connectivity index (χ0n) is 15.9. The summed E-state index contributed by atoms with van der Waals surface area (Å²) < 4.78 is 5.09. The molecule has 5 rings (SSSR count). The molecule has 0 aromatic heterocycles. The molecule has 0 radical (unpaired) electrons. The summed E-state index contributed by atoms with van der Waals surface area (Å²) in [6.07, 6.45) is 1.69. The zero-order valence-corrected chi connectivity index (χ0v) is 15.9. The van der Waals surface area contributed by atoms with Crippen LogP contribution >= 0.6 is 0 Å². The van der Waals surface area contributed by atoms with Crippen LogP contribution in [0.15, 0.2) is 48.5 Å². The molecule has 2 amide bonds. The molecule has 2 bridgehead atoms. The molecule has 3 aliphatic rings. The number of ether oxygens (including phenoxy) is 1. The average molecular weight is 380 g/mol. The van der Waals surface area contributed by atoms with Crippen LogP contribution in [-0.4, -0.2) is 53.0 Å². The number of nitrogens with zero attached hydrogens (tertiary/aromatic N) is 2. The third-order valence-corrected chi connectivity index (χ3v) is 5.71. The third-order valence-electron chi connectivity index (χ3n) is 5.71. The second kappa shape index (κ2) is 7.54. The van der Waals surface area contributed by atoms with Crippen LogP contribution in [0.1, 0.15) is 28.8 Å². The van der Waals surface area contributed by atoms with Crippen molar-refractivity contribution in [2.75, 3.05) is 20.2 Å². The molecule has 146 valence electrons. The van der Waals surface area contributed by atoms with Gasteiger partial charge in [0, 0.05) is 31.7 Å². The number of rotatable bonds is 4. The Bertz CT molecular complexity index is 883. The second-order valence-corrected chi connectivity index (χ2v) is 7.47. The Morgan fingerprint density at radius 3 is 2.64 bits per heavy atom. The Kier molecular flexibility index (Phi) is 4.94. The monoisotopic (exact) mass is 380 g/mol. The van der Waals surface area contributed by atoms with Crippen LogP contribution in [-0.2, 0) is 11.3 Å². The summed E-state index contributed by atoms with van der Waals surface area (Å²) in [6.45, 7) is 1.45. The number of fused-ring (bicyclic) bond motifs is 4. The molecule has 0 aliphatic carbocycles. The number of piperidine rings is 1. The second-order valence-electron chi connectivity index (χ2n) is 7.47. The minimum absolute atomic E-state index is 0.00389. The highest BCUT2D eigenvalue weighted by molar-refractivity contribution is 5.97. The Balaban J connectivity index is 1.55. The van der Waals surface area contributed by atoms with Crippen LogP contribution < -0.4 is 4.74 Å². The van der Waals surface area contributed by atoms with Crippen molar-refractivity contribution < 1.29 is 19.4 Å². The molecule has 2 aromatic carbocycles. The van der Waals surface area contributed by atoms with E-state index in [9.17, 15) is 14.7 Å². The van der Waals surface area contributed by atoms with Crippen molar-refractivity contribution in [2.24, 2.45) is 5.92 Å². The van der Waals surface area contributed by atoms with Crippen LogP contribution in [0.25, 0.3) is 0 Å². The molecule has 2 atom stereocenters. The Morgan fingerprint density at radius 2 is 1.93 bits per heavy atom. The van der Waals surface area contributed by atoms with Gasteiger partial charge < -0.3 is 19.6 Å². The molecule has 3 fully saturated rings. The van der Waals surface area contributed by atoms with E-state index in [2.05, 4.69) is 0 Å². The molecular formula is C22H24N2O4. The highest BCUT2D eigenvalue weighted by atomic mass is 16.5. The molecule has 28 heavy (non-hydrogen) atoms. The molecule has 0 spiro atoms. The molecule has 0 unspecified atom stereocenters. The molecular weight excluding hydrogens is 356 g/mol. The smallest absolute Gasteiger partial charge is 0.257 e. The van der Waals surface area contributed by atoms with Crippen molar-refractivity contribution in [1.29, 1.82) is 0 Å². The van der Waals surface area contributed by atoms with Crippen LogP contribution in [0.4, 0.5) is 0 Å². The van der Waals surface area contributed by atoms with E-state index < -0.39 is 0 Å². The average Bonchev–Trinajstić information content (AvgIpc) is 3.00. The van der Waals surface area contributed by atoms with Gasteiger partial charge in [-0.2, -0.15) is 0 Å². The van der Waals surface area contributed by atoms with E-state index in [1.807, 2.05) is 35.2 Å². The topological polar surface area (TPSA) is 70.1 Å². The van der Waals surface area contributed by atoms with E-state index in [0.717, 1.165) is 18.4 Å². The van der Waals surface area contributed by atoms with Gasteiger partial charge in [0.05, 0.1) is 18.6 Å². The van der Waals surface area contributed by atoms with Crippen molar-refractivity contribution in [3.8, 4) is 11.5 Å². The molecule has 0 saturated carbocycles. The Morgan fingerprint density at radius 1 is 1.14 bits per heavy atom. The van der Waals surface area contributed by atoms with Gasteiger partial charge in [0.25, 0.3) is 5.91 Å². The summed E-state index contributed by atoms with van der Waals surface area (Å²) in [7, 11) is 1.51. The lowest BCUT2D eigenvalue weighted by atomic mass is 9.93. The predicted molar refractivity (Wildman–Crippen MR) is 104 cm³/mol. The molecule has 3 aliphatic heterocycles. The number of carbonyl (C=O) groups excluding carboxylic acids is 2. The van der Waals surface area contributed by atoms with Crippen molar-refractivity contribution in [2.45, 2.75) is 25.4 Å². The summed E-state index contributed by atoms with van der Waals surface area (Å²) in [4.78, 5) is 29.7. The first kappa shape index (κ1) is 18.3. The van der Waals surface area contributed by atoms with Gasteiger partial charge in [0.2, 0.25) is 5.91 Å². The fraction of sp³-hybridized carbons (Fsp3) is 0.364. The zero-order chi connectivity index (χ0) is 19.7. The highest BCUT2D eigenvalue weighted by Crippen LogP contribution is 2.32. The standard InChI is InChI=1S/C22H24N2O4/c1-28-18-9-10-19(20(25)11-18)22(27)23-13-16-7-8-17(14-23)24(21(16)26)12-15-5-3-2-4-6-15/h2-6,9-11,16-17,25H,7-8,12-14H2,1H3/t16-,17+/m0/s1. The van der Waals surface area contributed by atoms with Gasteiger partial charge in [-0.3, -0.25) is 9.59 Å². The van der Waals surface area contributed by atoms with Crippen LogP contribution in [0.2, 0.25) is 0 Å². The Labute approximate surface area is 164 Å². The fourth-order valence-electron chi connectivity index (χ4n) is 4.18. The van der Waals surface area contributed by atoms with E-state index in [0.29, 0.717) is 25.4 Å². The molecule has 6 heteroatoms.